The van der Waals surface area contributed by atoms with E-state index in [-0.39, 0.29) is 4.90 Å². The average molecular weight is 458 g/mol. The Balaban J connectivity index is 1.67. The molecule has 4 aromatic heterocycles. The molecule has 0 saturated heterocycles. The molecule has 3 N–H and O–H groups in total. The van der Waals surface area contributed by atoms with E-state index in [1.807, 2.05) is 65.2 Å². The first-order valence-electron chi connectivity index (χ1n) is 10.1. The van der Waals surface area contributed by atoms with Gasteiger partial charge in [0.15, 0.2) is 11.6 Å². The summed E-state index contributed by atoms with van der Waals surface area (Å²) >= 11 is 0. The number of fused-ring (bicyclic) bond motifs is 1. The maximum atomic E-state index is 11.8. The molecule has 0 atom stereocenters. The fraction of sp³-hybridized carbons (Fsp3) is 0.0435. The number of benzene rings is 1. The van der Waals surface area contributed by atoms with Gasteiger partial charge in [0.2, 0.25) is 10.0 Å². The largest absolute Gasteiger partial charge is 0.361 e. The molecule has 5 aromatic rings. The van der Waals surface area contributed by atoms with Gasteiger partial charge in [0, 0.05) is 35.9 Å². The molecular formula is C23H19N7O2S. The van der Waals surface area contributed by atoms with E-state index in [9.17, 15) is 8.42 Å². The van der Waals surface area contributed by atoms with Gasteiger partial charge in [-0.1, -0.05) is 36.4 Å². The standard InChI is InChI=1S/C23H19N7O2S/c24-33(31,32)19-12-17(13-25-15-19)23-29-28-22(27-14-18-8-4-5-10-26-18)21-20(9-11-30(21)23)16-6-2-1-3-7-16/h1-13,15H,14H2,(H,27,28)(H2,24,31,32). The van der Waals surface area contributed by atoms with Gasteiger partial charge < -0.3 is 5.32 Å². The van der Waals surface area contributed by atoms with E-state index in [2.05, 4.69) is 25.5 Å². The molecule has 4 heterocycles. The number of nitrogens with zero attached hydrogens (tertiary/aromatic N) is 5. The first-order valence-corrected chi connectivity index (χ1v) is 11.6. The lowest BCUT2D eigenvalue weighted by Gasteiger charge is -2.12. The minimum absolute atomic E-state index is 0.0947. The summed E-state index contributed by atoms with van der Waals surface area (Å²) in [6.07, 6.45) is 6.34. The lowest BCUT2D eigenvalue weighted by Crippen LogP contribution is -2.13. The highest BCUT2D eigenvalue weighted by Gasteiger charge is 2.18. The van der Waals surface area contributed by atoms with Crippen LogP contribution in [0.1, 0.15) is 5.69 Å². The molecule has 9 nitrogen and oxygen atoms in total. The fourth-order valence-corrected chi connectivity index (χ4v) is 4.08. The fourth-order valence-electron chi connectivity index (χ4n) is 3.58. The Morgan fingerprint density at radius 2 is 1.76 bits per heavy atom. The molecule has 0 aliphatic rings. The average Bonchev–Trinajstić information content (AvgIpc) is 3.29. The smallest absolute Gasteiger partial charge is 0.239 e. The molecular weight excluding hydrogens is 438 g/mol. The van der Waals surface area contributed by atoms with Crippen LogP contribution in [0.15, 0.2) is 90.3 Å². The lowest BCUT2D eigenvalue weighted by atomic mass is 10.1. The number of rotatable bonds is 6. The Hall–Kier alpha value is -4.15. The zero-order valence-electron chi connectivity index (χ0n) is 17.3. The van der Waals surface area contributed by atoms with E-state index in [0.29, 0.717) is 23.8 Å². The van der Waals surface area contributed by atoms with Crippen molar-refractivity contribution in [2.75, 3.05) is 5.32 Å². The van der Waals surface area contributed by atoms with Gasteiger partial charge in [-0.2, -0.15) is 0 Å². The predicted molar refractivity (Wildman–Crippen MR) is 125 cm³/mol. The quantitative estimate of drug-likeness (QED) is 0.401. The summed E-state index contributed by atoms with van der Waals surface area (Å²) in [6, 6.07) is 19.0. The number of pyridine rings is 2. The molecule has 0 bridgehead atoms. The van der Waals surface area contributed by atoms with E-state index in [0.717, 1.165) is 22.3 Å². The molecule has 0 saturated carbocycles. The molecule has 0 radical (unpaired) electrons. The second-order valence-corrected chi connectivity index (χ2v) is 8.88. The highest BCUT2D eigenvalue weighted by atomic mass is 32.2. The summed E-state index contributed by atoms with van der Waals surface area (Å²) in [5.41, 5.74) is 4.09. The van der Waals surface area contributed by atoms with Gasteiger partial charge in [-0.15, -0.1) is 10.2 Å². The zero-order chi connectivity index (χ0) is 22.8. The predicted octanol–water partition coefficient (Wildman–Crippen LogP) is 3.11. The van der Waals surface area contributed by atoms with Gasteiger partial charge in [-0.3, -0.25) is 14.4 Å². The van der Waals surface area contributed by atoms with Crippen LogP contribution in [0.2, 0.25) is 0 Å². The van der Waals surface area contributed by atoms with Gasteiger partial charge in [-0.05, 0) is 29.8 Å². The molecule has 0 aliphatic heterocycles. The zero-order valence-corrected chi connectivity index (χ0v) is 18.1. The number of aromatic nitrogens is 5. The second-order valence-electron chi connectivity index (χ2n) is 7.32. The summed E-state index contributed by atoms with van der Waals surface area (Å²) in [7, 11) is -3.91. The number of sulfonamides is 1. The summed E-state index contributed by atoms with van der Waals surface area (Å²) in [6.45, 7) is 0.465. The molecule has 5 rings (SSSR count). The van der Waals surface area contributed by atoms with Crippen molar-refractivity contribution in [1.82, 2.24) is 24.6 Å². The van der Waals surface area contributed by atoms with Crippen LogP contribution in [-0.2, 0) is 16.6 Å². The Morgan fingerprint density at radius 3 is 2.52 bits per heavy atom. The third-order valence-corrected chi connectivity index (χ3v) is 6.01. The molecule has 10 heteroatoms. The van der Waals surface area contributed by atoms with Crippen LogP contribution < -0.4 is 10.5 Å². The molecule has 164 valence electrons. The minimum Gasteiger partial charge on any atom is -0.361 e. The van der Waals surface area contributed by atoms with Crippen molar-refractivity contribution < 1.29 is 8.42 Å². The van der Waals surface area contributed by atoms with E-state index >= 15 is 0 Å². The third-order valence-electron chi connectivity index (χ3n) is 5.13. The van der Waals surface area contributed by atoms with Crippen molar-refractivity contribution in [2.24, 2.45) is 5.14 Å². The van der Waals surface area contributed by atoms with Gasteiger partial charge >= 0.3 is 0 Å². The Kier molecular flexibility index (Phi) is 5.29. The topological polar surface area (TPSA) is 128 Å². The second kappa shape index (κ2) is 8.41. The van der Waals surface area contributed by atoms with Crippen LogP contribution >= 0.6 is 0 Å². The van der Waals surface area contributed by atoms with Crippen LogP contribution in [0.25, 0.3) is 28.0 Å². The monoisotopic (exact) mass is 457 g/mol. The van der Waals surface area contributed by atoms with E-state index in [4.69, 9.17) is 5.14 Å². The summed E-state index contributed by atoms with van der Waals surface area (Å²) in [5, 5.41) is 17.4. The molecule has 0 spiro atoms. The highest BCUT2D eigenvalue weighted by molar-refractivity contribution is 7.89. The van der Waals surface area contributed by atoms with E-state index in [1.54, 1.807) is 6.20 Å². The van der Waals surface area contributed by atoms with Crippen molar-refractivity contribution in [2.45, 2.75) is 11.4 Å². The Bertz CT molecular complexity index is 1540. The van der Waals surface area contributed by atoms with Crippen molar-refractivity contribution in [3.05, 3.63) is 91.1 Å². The van der Waals surface area contributed by atoms with E-state index in [1.165, 1.54) is 18.5 Å². The first kappa shape index (κ1) is 20.7. The van der Waals surface area contributed by atoms with Gasteiger partial charge in [0.1, 0.15) is 4.90 Å². The molecule has 33 heavy (non-hydrogen) atoms. The van der Waals surface area contributed by atoms with Crippen LogP contribution in [0.5, 0.6) is 0 Å². The number of hydrogen-bond acceptors (Lipinski definition) is 7. The molecule has 0 aliphatic carbocycles. The first-order chi connectivity index (χ1) is 16.0. The van der Waals surface area contributed by atoms with Crippen molar-refractivity contribution in [3.8, 4) is 22.5 Å². The van der Waals surface area contributed by atoms with Crippen molar-refractivity contribution in [3.63, 3.8) is 0 Å². The number of nitrogens with two attached hydrogens (primary N) is 1. The Labute approximate surface area is 190 Å². The van der Waals surface area contributed by atoms with E-state index < -0.39 is 10.0 Å². The van der Waals surface area contributed by atoms with Gasteiger partial charge in [0.25, 0.3) is 0 Å². The van der Waals surface area contributed by atoms with Crippen molar-refractivity contribution in [1.29, 1.82) is 0 Å². The van der Waals surface area contributed by atoms with Gasteiger partial charge in [0.05, 0.1) is 17.8 Å². The van der Waals surface area contributed by atoms with Crippen LogP contribution in [0, 0.1) is 0 Å². The molecule has 1 aromatic carbocycles. The van der Waals surface area contributed by atoms with Crippen LogP contribution in [0.4, 0.5) is 5.82 Å². The summed E-state index contributed by atoms with van der Waals surface area (Å²) in [5.74, 6) is 1.01. The molecule has 0 amide bonds. The maximum Gasteiger partial charge on any atom is 0.239 e. The lowest BCUT2D eigenvalue weighted by molar-refractivity contribution is 0.597. The number of anilines is 1. The Morgan fingerprint density at radius 1 is 0.939 bits per heavy atom. The maximum absolute atomic E-state index is 11.8. The summed E-state index contributed by atoms with van der Waals surface area (Å²) in [4.78, 5) is 8.28. The van der Waals surface area contributed by atoms with Crippen LogP contribution in [0.3, 0.4) is 0 Å². The normalized spacial score (nSPS) is 11.5. The molecule has 0 unspecified atom stereocenters. The van der Waals surface area contributed by atoms with Crippen LogP contribution in [-0.4, -0.2) is 33.0 Å². The number of hydrogen-bond donors (Lipinski definition) is 2. The molecule has 0 fully saturated rings. The van der Waals surface area contributed by atoms with Gasteiger partial charge in [-0.25, -0.2) is 13.6 Å². The summed E-state index contributed by atoms with van der Waals surface area (Å²) < 4.78 is 25.5. The SMILES string of the molecule is NS(=O)(=O)c1cncc(-c2nnc(NCc3ccccn3)c3c(-c4ccccc4)ccn23)c1. The minimum atomic E-state index is -3.91. The number of primary sulfonamides is 1. The highest BCUT2D eigenvalue weighted by Crippen LogP contribution is 2.32. The van der Waals surface area contributed by atoms with Crippen molar-refractivity contribution >= 4 is 21.4 Å². The third kappa shape index (κ3) is 4.16. The number of nitrogens with one attached hydrogen (secondary N) is 1.